The molecule has 24 heavy (non-hydrogen) atoms. The molecular formula is C18H29N2O4+. The standard InChI is InChI=1S/C18H28N2O4/c1-12-10-20(11-13(2)24-12)14(3)18(21)19-9-15-6-7-16(22-4)17(8-15)23-5/h6-8,12-14H,9-11H2,1-5H3,(H,19,21)/p+1/t12-,13-,14-/m0/s1. The van der Waals surface area contributed by atoms with Crippen LogP contribution in [0.1, 0.15) is 26.3 Å². The molecule has 1 fully saturated rings. The summed E-state index contributed by atoms with van der Waals surface area (Å²) in [6, 6.07) is 5.56. The molecule has 1 aliphatic heterocycles. The maximum Gasteiger partial charge on any atom is 0.278 e. The highest BCUT2D eigenvalue weighted by molar-refractivity contribution is 5.79. The minimum absolute atomic E-state index is 0.0566. The molecule has 0 aromatic heterocycles. The van der Waals surface area contributed by atoms with Crippen molar-refractivity contribution in [1.82, 2.24) is 5.32 Å². The third-order valence-electron chi connectivity index (χ3n) is 4.48. The van der Waals surface area contributed by atoms with Gasteiger partial charge in [0.05, 0.1) is 14.2 Å². The second-order valence-electron chi connectivity index (χ2n) is 6.45. The highest BCUT2D eigenvalue weighted by Crippen LogP contribution is 2.27. The third-order valence-corrected chi connectivity index (χ3v) is 4.48. The van der Waals surface area contributed by atoms with Crippen molar-refractivity contribution < 1.29 is 23.9 Å². The Morgan fingerprint density at radius 2 is 1.88 bits per heavy atom. The van der Waals surface area contributed by atoms with Gasteiger partial charge in [0, 0.05) is 6.54 Å². The summed E-state index contributed by atoms with van der Waals surface area (Å²) in [5.41, 5.74) is 0.979. The minimum Gasteiger partial charge on any atom is -0.493 e. The van der Waals surface area contributed by atoms with Gasteiger partial charge in [0.25, 0.3) is 5.91 Å². The van der Waals surface area contributed by atoms with Crippen molar-refractivity contribution in [2.45, 2.75) is 45.6 Å². The van der Waals surface area contributed by atoms with E-state index in [0.717, 1.165) is 18.7 Å². The van der Waals surface area contributed by atoms with E-state index >= 15 is 0 Å². The van der Waals surface area contributed by atoms with Crippen LogP contribution >= 0.6 is 0 Å². The zero-order valence-corrected chi connectivity index (χ0v) is 15.2. The van der Waals surface area contributed by atoms with Crippen LogP contribution in [-0.4, -0.2) is 51.5 Å². The van der Waals surface area contributed by atoms with Crippen molar-refractivity contribution in [3.05, 3.63) is 23.8 Å². The van der Waals surface area contributed by atoms with Gasteiger partial charge < -0.3 is 24.4 Å². The molecule has 1 aromatic carbocycles. The van der Waals surface area contributed by atoms with Crippen molar-refractivity contribution in [3.63, 3.8) is 0 Å². The van der Waals surface area contributed by atoms with Crippen LogP contribution in [0.2, 0.25) is 0 Å². The molecule has 1 aliphatic rings. The summed E-state index contributed by atoms with van der Waals surface area (Å²) in [4.78, 5) is 13.7. The lowest BCUT2D eigenvalue weighted by molar-refractivity contribution is -0.928. The molecule has 0 aliphatic carbocycles. The SMILES string of the molecule is COc1ccc(CNC(=O)[C@H](C)[NH+]2C[C@H](C)O[C@@H](C)C2)cc1OC. The number of methoxy groups -OCH3 is 2. The summed E-state index contributed by atoms with van der Waals surface area (Å²) in [6.07, 6.45) is 0.370. The van der Waals surface area contributed by atoms with Crippen molar-refractivity contribution in [1.29, 1.82) is 0 Å². The van der Waals surface area contributed by atoms with E-state index in [4.69, 9.17) is 14.2 Å². The Kier molecular flexibility index (Phi) is 6.45. The van der Waals surface area contributed by atoms with E-state index in [0.29, 0.717) is 18.0 Å². The molecule has 0 spiro atoms. The van der Waals surface area contributed by atoms with Gasteiger partial charge in [-0.2, -0.15) is 0 Å². The number of carbonyl (C=O) groups is 1. The topological polar surface area (TPSA) is 61.2 Å². The van der Waals surface area contributed by atoms with E-state index in [2.05, 4.69) is 19.2 Å². The molecule has 134 valence electrons. The number of quaternary nitrogens is 1. The van der Waals surface area contributed by atoms with Crippen LogP contribution < -0.4 is 19.7 Å². The van der Waals surface area contributed by atoms with Crippen LogP contribution in [0.25, 0.3) is 0 Å². The molecule has 1 saturated heterocycles. The van der Waals surface area contributed by atoms with E-state index < -0.39 is 0 Å². The first-order chi connectivity index (χ1) is 11.4. The Balaban J connectivity index is 1.92. The fourth-order valence-electron chi connectivity index (χ4n) is 3.19. The highest BCUT2D eigenvalue weighted by atomic mass is 16.5. The molecule has 0 saturated carbocycles. The second-order valence-corrected chi connectivity index (χ2v) is 6.45. The first kappa shape index (κ1) is 18.5. The minimum atomic E-state index is -0.0982. The molecule has 3 atom stereocenters. The number of hydrogen-bond donors (Lipinski definition) is 2. The summed E-state index contributed by atoms with van der Waals surface area (Å²) in [5.74, 6) is 1.40. The predicted octanol–water partition coefficient (Wildman–Crippen LogP) is 0.401. The van der Waals surface area contributed by atoms with Crippen molar-refractivity contribution >= 4 is 5.91 Å². The van der Waals surface area contributed by atoms with E-state index in [-0.39, 0.29) is 24.2 Å². The maximum absolute atomic E-state index is 12.5. The zero-order valence-electron chi connectivity index (χ0n) is 15.2. The first-order valence-corrected chi connectivity index (χ1v) is 8.43. The summed E-state index contributed by atoms with van der Waals surface area (Å²) in [6.45, 7) is 8.28. The number of morpholine rings is 1. The van der Waals surface area contributed by atoms with Crippen molar-refractivity contribution in [2.24, 2.45) is 0 Å². The van der Waals surface area contributed by atoms with E-state index in [1.807, 2.05) is 25.1 Å². The number of rotatable bonds is 6. The molecule has 6 heteroatoms. The van der Waals surface area contributed by atoms with E-state index in [9.17, 15) is 4.79 Å². The molecule has 0 radical (unpaired) electrons. The fraction of sp³-hybridized carbons (Fsp3) is 0.611. The molecular weight excluding hydrogens is 308 g/mol. The Morgan fingerprint density at radius 3 is 2.46 bits per heavy atom. The van der Waals surface area contributed by atoms with Crippen molar-refractivity contribution in [2.75, 3.05) is 27.3 Å². The summed E-state index contributed by atoms with van der Waals surface area (Å²) < 4.78 is 16.3. The molecule has 0 unspecified atom stereocenters. The average molecular weight is 337 g/mol. The number of ether oxygens (including phenoxy) is 3. The largest absolute Gasteiger partial charge is 0.493 e. The zero-order chi connectivity index (χ0) is 17.7. The van der Waals surface area contributed by atoms with Gasteiger partial charge in [-0.25, -0.2) is 0 Å². The highest BCUT2D eigenvalue weighted by Gasteiger charge is 2.32. The normalized spacial score (nSPS) is 25.0. The molecule has 1 aromatic rings. The summed E-state index contributed by atoms with van der Waals surface area (Å²) in [5, 5.41) is 3.02. The number of amides is 1. The van der Waals surface area contributed by atoms with Gasteiger partial charge in [-0.05, 0) is 38.5 Å². The van der Waals surface area contributed by atoms with Crippen LogP contribution in [0.4, 0.5) is 0 Å². The predicted molar refractivity (Wildman–Crippen MR) is 91.6 cm³/mol. The van der Waals surface area contributed by atoms with Gasteiger partial charge in [-0.15, -0.1) is 0 Å². The van der Waals surface area contributed by atoms with Gasteiger partial charge in [0.15, 0.2) is 17.5 Å². The lowest BCUT2D eigenvalue weighted by Gasteiger charge is -2.35. The van der Waals surface area contributed by atoms with Crippen LogP contribution in [0.15, 0.2) is 18.2 Å². The molecule has 2 N–H and O–H groups in total. The maximum atomic E-state index is 12.5. The lowest BCUT2D eigenvalue weighted by Crippen LogP contribution is -3.19. The molecule has 1 heterocycles. The van der Waals surface area contributed by atoms with E-state index in [1.165, 1.54) is 4.90 Å². The number of benzene rings is 1. The lowest BCUT2D eigenvalue weighted by atomic mass is 10.1. The smallest absolute Gasteiger partial charge is 0.278 e. The van der Waals surface area contributed by atoms with Crippen LogP contribution in [0, 0.1) is 0 Å². The van der Waals surface area contributed by atoms with Crippen LogP contribution in [0.5, 0.6) is 11.5 Å². The van der Waals surface area contributed by atoms with Gasteiger partial charge in [-0.3, -0.25) is 4.79 Å². The monoisotopic (exact) mass is 337 g/mol. The number of nitrogens with one attached hydrogen (secondary N) is 2. The van der Waals surface area contributed by atoms with Crippen LogP contribution in [0.3, 0.4) is 0 Å². The Morgan fingerprint density at radius 1 is 1.25 bits per heavy atom. The molecule has 6 nitrogen and oxygen atoms in total. The fourth-order valence-corrected chi connectivity index (χ4v) is 3.19. The van der Waals surface area contributed by atoms with Gasteiger partial charge in [0.2, 0.25) is 0 Å². The Bertz CT molecular complexity index is 554. The Hall–Kier alpha value is -1.79. The van der Waals surface area contributed by atoms with Crippen LogP contribution in [-0.2, 0) is 16.1 Å². The number of hydrogen-bond acceptors (Lipinski definition) is 4. The number of carbonyl (C=O) groups excluding carboxylic acids is 1. The molecule has 2 rings (SSSR count). The summed E-state index contributed by atoms with van der Waals surface area (Å²) >= 11 is 0. The molecule has 1 amide bonds. The van der Waals surface area contributed by atoms with E-state index in [1.54, 1.807) is 14.2 Å². The van der Waals surface area contributed by atoms with Gasteiger partial charge in [0.1, 0.15) is 25.3 Å². The second kappa shape index (κ2) is 8.35. The first-order valence-electron chi connectivity index (χ1n) is 8.43. The molecule has 0 bridgehead atoms. The third kappa shape index (κ3) is 4.61. The van der Waals surface area contributed by atoms with Gasteiger partial charge in [-0.1, -0.05) is 6.07 Å². The van der Waals surface area contributed by atoms with Gasteiger partial charge >= 0.3 is 0 Å². The van der Waals surface area contributed by atoms with Crippen molar-refractivity contribution in [3.8, 4) is 11.5 Å². The Labute approximate surface area is 144 Å². The summed E-state index contributed by atoms with van der Waals surface area (Å²) in [7, 11) is 3.21. The quantitative estimate of drug-likeness (QED) is 0.789. The average Bonchev–Trinajstić information content (AvgIpc) is 2.57.